The monoisotopic (exact) mass is 330 g/mol. The predicted octanol–water partition coefficient (Wildman–Crippen LogP) is 3.31. The Hall–Kier alpha value is -2.30. The largest absolute Gasteiger partial charge is 0.481 e. The van der Waals surface area contributed by atoms with Gasteiger partial charge in [0.25, 0.3) is 0 Å². The summed E-state index contributed by atoms with van der Waals surface area (Å²) in [6.07, 6.45) is 4.58. The van der Waals surface area contributed by atoms with Gasteiger partial charge in [0.1, 0.15) is 11.3 Å². The first-order chi connectivity index (χ1) is 11.6. The van der Waals surface area contributed by atoms with Gasteiger partial charge in [0.05, 0.1) is 6.61 Å². The van der Waals surface area contributed by atoms with Gasteiger partial charge in [-0.25, -0.2) is 9.59 Å². The minimum atomic E-state index is -0.400. The molecular formula is C19H22O5. The molecule has 0 fully saturated rings. The first kappa shape index (κ1) is 16.6. The van der Waals surface area contributed by atoms with Crippen LogP contribution in [-0.2, 0) is 22.4 Å². The van der Waals surface area contributed by atoms with Gasteiger partial charge in [-0.05, 0) is 56.7 Å². The van der Waals surface area contributed by atoms with Crippen molar-refractivity contribution in [2.45, 2.75) is 46.0 Å². The fourth-order valence-corrected chi connectivity index (χ4v) is 3.18. The summed E-state index contributed by atoms with van der Waals surface area (Å²) in [5.41, 5.74) is 2.95. The summed E-state index contributed by atoms with van der Waals surface area (Å²) in [5.74, 6) is 0.137. The molecule has 0 amide bonds. The number of ether oxygens (including phenoxy) is 2. The second-order valence-electron chi connectivity index (χ2n) is 6.13. The molecule has 0 spiro atoms. The molecule has 3 rings (SSSR count). The van der Waals surface area contributed by atoms with Crippen LogP contribution in [0.15, 0.2) is 21.3 Å². The number of fused-ring (bicyclic) bond motifs is 3. The minimum absolute atomic E-state index is 0.151. The summed E-state index contributed by atoms with van der Waals surface area (Å²) < 4.78 is 16.1. The maximum Gasteiger partial charge on any atom is 0.344 e. The average molecular weight is 330 g/mol. The molecule has 0 atom stereocenters. The topological polar surface area (TPSA) is 65.7 Å². The maximum atomic E-state index is 12.2. The van der Waals surface area contributed by atoms with Crippen molar-refractivity contribution in [1.29, 1.82) is 0 Å². The number of hydrogen-bond acceptors (Lipinski definition) is 5. The molecule has 5 nitrogen and oxygen atoms in total. The molecule has 1 heterocycles. The molecule has 2 aromatic rings. The lowest BCUT2D eigenvalue weighted by atomic mass is 9.90. The molecule has 0 saturated carbocycles. The molecule has 5 heteroatoms. The molecule has 0 unspecified atom stereocenters. The number of esters is 1. The van der Waals surface area contributed by atoms with Crippen LogP contribution in [0.4, 0.5) is 0 Å². The summed E-state index contributed by atoms with van der Waals surface area (Å²) in [4.78, 5) is 23.8. The predicted molar refractivity (Wildman–Crippen MR) is 90.6 cm³/mol. The molecule has 1 aliphatic rings. The van der Waals surface area contributed by atoms with Crippen LogP contribution in [0.25, 0.3) is 11.0 Å². The quantitative estimate of drug-likeness (QED) is 0.621. The Kier molecular flexibility index (Phi) is 4.88. The van der Waals surface area contributed by atoms with E-state index in [-0.39, 0.29) is 12.2 Å². The van der Waals surface area contributed by atoms with Crippen LogP contribution in [0.3, 0.4) is 0 Å². The minimum Gasteiger partial charge on any atom is -0.481 e. The van der Waals surface area contributed by atoms with Crippen LogP contribution in [0.2, 0.25) is 0 Å². The van der Waals surface area contributed by atoms with Crippen LogP contribution >= 0.6 is 0 Å². The highest BCUT2D eigenvalue weighted by Gasteiger charge is 2.20. The first-order valence-electron chi connectivity index (χ1n) is 8.48. The number of rotatable bonds is 5. The van der Waals surface area contributed by atoms with Crippen molar-refractivity contribution in [3.63, 3.8) is 0 Å². The molecule has 1 aromatic heterocycles. The van der Waals surface area contributed by atoms with Crippen molar-refractivity contribution >= 4 is 16.9 Å². The SMILES string of the molecule is CCCOC(=O)COc1ccc2c3c(c(=O)oc2c1C)CCCC3. The Balaban J connectivity index is 1.91. The molecular weight excluding hydrogens is 308 g/mol. The number of carbonyl (C=O) groups is 1. The highest BCUT2D eigenvalue weighted by atomic mass is 16.6. The summed E-state index contributed by atoms with van der Waals surface area (Å²) in [6, 6.07) is 3.75. The van der Waals surface area contributed by atoms with Crippen LogP contribution in [0, 0.1) is 6.92 Å². The van der Waals surface area contributed by atoms with Gasteiger partial charge in [-0.3, -0.25) is 0 Å². The number of carbonyl (C=O) groups excluding carboxylic acids is 1. The maximum absolute atomic E-state index is 12.2. The second kappa shape index (κ2) is 7.07. The molecule has 1 aromatic carbocycles. The zero-order valence-electron chi connectivity index (χ0n) is 14.1. The molecule has 0 radical (unpaired) electrons. The van der Waals surface area contributed by atoms with E-state index >= 15 is 0 Å². The van der Waals surface area contributed by atoms with Gasteiger partial charge in [0.15, 0.2) is 6.61 Å². The standard InChI is InChI=1S/C19H22O5/c1-3-10-22-17(20)11-23-16-9-8-14-13-6-4-5-7-15(13)19(21)24-18(14)12(16)2/h8-9H,3-7,10-11H2,1-2H3. The van der Waals surface area contributed by atoms with Gasteiger partial charge in [-0.1, -0.05) is 6.92 Å². The fraction of sp³-hybridized carbons (Fsp3) is 0.474. The Morgan fingerprint density at radius 1 is 1.21 bits per heavy atom. The highest BCUT2D eigenvalue weighted by molar-refractivity contribution is 5.86. The smallest absolute Gasteiger partial charge is 0.344 e. The van der Waals surface area contributed by atoms with Crippen LogP contribution in [-0.4, -0.2) is 19.2 Å². The summed E-state index contributed by atoms with van der Waals surface area (Å²) in [7, 11) is 0. The molecule has 1 aliphatic carbocycles. The van der Waals surface area contributed by atoms with Gasteiger partial charge in [0.2, 0.25) is 0 Å². The van der Waals surface area contributed by atoms with Crippen LogP contribution < -0.4 is 10.4 Å². The van der Waals surface area contributed by atoms with Gasteiger partial charge in [-0.15, -0.1) is 0 Å². The normalized spacial score (nSPS) is 13.6. The lowest BCUT2D eigenvalue weighted by Crippen LogP contribution is -2.17. The average Bonchev–Trinajstić information content (AvgIpc) is 2.60. The summed E-state index contributed by atoms with van der Waals surface area (Å²) in [6.45, 7) is 4.01. The number of benzene rings is 1. The van der Waals surface area contributed by atoms with E-state index in [0.29, 0.717) is 17.9 Å². The third-order valence-electron chi connectivity index (χ3n) is 4.40. The summed E-state index contributed by atoms with van der Waals surface area (Å²) >= 11 is 0. The third kappa shape index (κ3) is 3.16. The van der Waals surface area contributed by atoms with Crippen LogP contribution in [0.5, 0.6) is 5.75 Å². The Labute approximate surface area is 140 Å². The van der Waals surface area contributed by atoms with E-state index in [1.807, 2.05) is 26.0 Å². The van der Waals surface area contributed by atoms with E-state index < -0.39 is 5.97 Å². The van der Waals surface area contributed by atoms with E-state index in [1.54, 1.807) is 0 Å². The van der Waals surface area contributed by atoms with Gasteiger partial charge in [-0.2, -0.15) is 0 Å². The van der Waals surface area contributed by atoms with E-state index in [2.05, 4.69) is 0 Å². The Morgan fingerprint density at radius 2 is 1.96 bits per heavy atom. The Bertz CT molecular complexity index is 819. The molecule has 0 bridgehead atoms. The zero-order valence-corrected chi connectivity index (χ0v) is 14.1. The second-order valence-corrected chi connectivity index (χ2v) is 6.13. The zero-order chi connectivity index (χ0) is 17.1. The molecule has 24 heavy (non-hydrogen) atoms. The van der Waals surface area contributed by atoms with Crippen molar-refractivity contribution in [1.82, 2.24) is 0 Å². The summed E-state index contributed by atoms with van der Waals surface area (Å²) in [5, 5.41) is 0.975. The van der Waals surface area contributed by atoms with Crippen molar-refractivity contribution in [2.24, 2.45) is 0 Å². The van der Waals surface area contributed by atoms with Crippen molar-refractivity contribution < 1.29 is 18.7 Å². The molecule has 128 valence electrons. The van der Waals surface area contributed by atoms with Gasteiger partial charge < -0.3 is 13.9 Å². The van der Waals surface area contributed by atoms with E-state index in [4.69, 9.17) is 13.9 Å². The molecule has 0 aliphatic heterocycles. The third-order valence-corrected chi connectivity index (χ3v) is 4.40. The molecule has 0 saturated heterocycles. The van der Waals surface area contributed by atoms with E-state index in [1.165, 1.54) is 0 Å². The van der Waals surface area contributed by atoms with E-state index in [9.17, 15) is 9.59 Å². The van der Waals surface area contributed by atoms with Gasteiger partial charge in [0, 0.05) is 16.5 Å². The Morgan fingerprint density at radius 3 is 2.71 bits per heavy atom. The fourth-order valence-electron chi connectivity index (χ4n) is 3.18. The molecule has 0 N–H and O–H groups in total. The van der Waals surface area contributed by atoms with Crippen molar-refractivity contribution in [3.05, 3.63) is 39.2 Å². The van der Waals surface area contributed by atoms with Gasteiger partial charge >= 0.3 is 11.6 Å². The number of hydrogen-bond donors (Lipinski definition) is 0. The van der Waals surface area contributed by atoms with E-state index in [0.717, 1.165) is 54.2 Å². The number of aryl methyl sites for hydroxylation is 2. The van der Waals surface area contributed by atoms with Crippen LogP contribution in [0.1, 0.15) is 42.9 Å². The van der Waals surface area contributed by atoms with Crippen molar-refractivity contribution in [3.8, 4) is 5.75 Å². The highest BCUT2D eigenvalue weighted by Crippen LogP contribution is 2.32. The lowest BCUT2D eigenvalue weighted by Gasteiger charge is -2.17. The lowest BCUT2D eigenvalue weighted by molar-refractivity contribution is -0.146. The van der Waals surface area contributed by atoms with Crippen molar-refractivity contribution in [2.75, 3.05) is 13.2 Å². The first-order valence-corrected chi connectivity index (χ1v) is 8.48.